The number of ketones is 1. The van der Waals surface area contributed by atoms with Crippen molar-refractivity contribution in [2.24, 2.45) is 5.73 Å². The maximum Gasteiger partial charge on any atom is 0.342 e. The van der Waals surface area contributed by atoms with E-state index in [2.05, 4.69) is 0 Å². The molecule has 2 N–H and O–H groups in total. The zero-order valence-corrected chi connectivity index (χ0v) is 13.8. The van der Waals surface area contributed by atoms with Crippen molar-refractivity contribution in [2.45, 2.75) is 6.92 Å². The summed E-state index contributed by atoms with van der Waals surface area (Å²) in [6, 6.07) is 4.60. The van der Waals surface area contributed by atoms with Gasteiger partial charge in [-0.2, -0.15) is 5.26 Å². The van der Waals surface area contributed by atoms with Crippen LogP contribution in [0.3, 0.4) is 0 Å². The topological polar surface area (TPSA) is 121 Å². The summed E-state index contributed by atoms with van der Waals surface area (Å²) in [5.41, 5.74) is 5.29. The Morgan fingerprint density at radius 2 is 1.75 bits per heavy atom. The van der Waals surface area contributed by atoms with Crippen LogP contribution in [0.4, 0.5) is 0 Å². The predicted octanol–water partition coefficient (Wildman–Crippen LogP) is 1.19. The van der Waals surface area contributed by atoms with Crippen molar-refractivity contribution in [3.05, 3.63) is 29.0 Å². The lowest BCUT2D eigenvalue weighted by Crippen LogP contribution is -2.18. The van der Waals surface area contributed by atoms with Gasteiger partial charge in [0.25, 0.3) is 0 Å². The highest BCUT2D eigenvalue weighted by atomic mass is 16.5. The number of nitriles is 1. The lowest BCUT2D eigenvalue weighted by Gasteiger charge is -2.15. The fourth-order valence-electron chi connectivity index (χ4n) is 1.91. The second kappa shape index (κ2) is 8.43. The van der Waals surface area contributed by atoms with E-state index in [0.29, 0.717) is 5.75 Å². The number of carbonyl (C=O) groups is 2. The number of methoxy groups -OCH3 is 3. The van der Waals surface area contributed by atoms with Gasteiger partial charge in [-0.1, -0.05) is 0 Å². The highest BCUT2D eigenvalue weighted by Crippen LogP contribution is 2.39. The molecule has 8 nitrogen and oxygen atoms in total. The summed E-state index contributed by atoms with van der Waals surface area (Å²) in [5, 5.41) is 8.86. The third-order valence-electron chi connectivity index (χ3n) is 3.04. The molecule has 0 saturated heterocycles. The van der Waals surface area contributed by atoms with Gasteiger partial charge in [0, 0.05) is 5.70 Å². The molecule has 0 aliphatic carbocycles. The molecule has 128 valence electrons. The second-order valence-electron chi connectivity index (χ2n) is 4.55. The molecule has 0 unspecified atom stereocenters. The van der Waals surface area contributed by atoms with E-state index in [4.69, 9.17) is 29.9 Å². The van der Waals surface area contributed by atoms with Crippen LogP contribution in [-0.2, 0) is 9.53 Å². The first-order chi connectivity index (χ1) is 11.4. The number of nitrogens with zero attached hydrogens (tertiary/aromatic N) is 1. The van der Waals surface area contributed by atoms with Crippen LogP contribution in [0.1, 0.15) is 17.3 Å². The van der Waals surface area contributed by atoms with E-state index in [9.17, 15) is 9.59 Å². The van der Waals surface area contributed by atoms with Crippen molar-refractivity contribution in [1.82, 2.24) is 0 Å². The molecule has 0 spiro atoms. The fourth-order valence-corrected chi connectivity index (χ4v) is 1.91. The lowest BCUT2D eigenvalue weighted by atomic mass is 10.1. The molecule has 0 heterocycles. The van der Waals surface area contributed by atoms with Crippen LogP contribution in [0.5, 0.6) is 17.2 Å². The summed E-state index contributed by atoms with van der Waals surface area (Å²) in [5.74, 6) is -0.801. The maximum atomic E-state index is 12.2. The zero-order valence-electron chi connectivity index (χ0n) is 13.8. The number of carbonyl (C=O) groups excluding carboxylic acids is 2. The van der Waals surface area contributed by atoms with Gasteiger partial charge in [0.15, 0.2) is 18.1 Å². The van der Waals surface area contributed by atoms with Gasteiger partial charge in [-0.25, -0.2) is 4.79 Å². The number of ether oxygens (including phenoxy) is 4. The van der Waals surface area contributed by atoms with Crippen molar-refractivity contribution >= 4 is 11.8 Å². The van der Waals surface area contributed by atoms with E-state index in [1.807, 2.05) is 0 Å². The van der Waals surface area contributed by atoms with Crippen LogP contribution in [0.2, 0.25) is 0 Å². The van der Waals surface area contributed by atoms with Gasteiger partial charge in [-0.05, 0) is 19.1 Å². The largest absolute Gasteiger partial charge is 0.493 e. The molecule has 0 atom stereocenters. The Labute approximate surface area is 139 Å². The van der Waals surface area contributed by atoms with Crippen molar-refractivity contribution < 1.29 is 28.5 Å². The average molecular weight is 334 g/mol. The summed E-state index contributed by atoms with van der Waals surface area (Å²) in [6.07, 6.45) is 0. The first-order valence-electron chi connectivity index (χ1n) is 6.76. The van der Waals surface area contributed by atoms with Gasteiger partial charge in [-0.3, -0.25) is 4.79 Å². The normalized spacial score (nSPS) is 11.0. The van der Waals surface area contributed by atoms with Crippen molar-refractivity contribution in [1.29, 1.82) is 5.26 Å². The molecule has 0 aliphatic heterocycles. The minimum atomic E-state index is -0.812. The van der Waals surface area contributed by atoms with Gasteiger partial charge in [-0.15, -0.1) is 0 Å². The zero-order chi connectivity index (χ0) is 18.3. The molecule has 1 aromatic carbocycles. The number of hydrogen-bond donors (Lipinski definition) is 1. The molecule has 24 heavy (non-hydrogen) atoms. The van der Waals surface area contributed by atoms with Gasteiger partial charge in [0.2, 0.25) is 11.5 Å². The summed E-state index contributed by atoms with van der Waals surface area (Å²) >= 11 is 0. The summed E-state index contributed by atoms with van der Waals surface area (Å²) < 4.78 is 20.4. The first-order valence-corrected chi connectivity index (χ1v) is 6.76. The Morgan fingerprint density at radius 3 is 2.21 bits per heavy atom. The summed E-state index contributed by atoms with van der Waals surface area (Å²) in [6.45, 7) is 0.795. The number of benzene rings is 1. The predicted molar refractivity (Wildman–Crippen MR) is 83.9 cm³/mol. The number of Topliss-reactive ketones (excluding diaryl/α,β-unsaturated/α-hetero) is 1. The molecule has 0 aromatic heterocycles. The SMILES string of the molecule is COc1ccc(C(=O)OCC(=O)/C(C#N)=C(\C)N)c(OC)c1OC. The van der Waals surface area contributed by atoms with E-state index >= 15 is 0 Å². The number of rotatable bonds is 7. The molecule has 0 bridgehead atoms. The average Bonchev–Trinajstić information content (AvgIpc) is 2.58. The molecule has 0 saturated carbocycles. The van der Waals surface area contributed by atoms with Gasteiger partial charge in [0.1, 0.15) is 17.2 Å². The van der Waals surface area contributed by atoms with Crippen molar-refractivity contribution in [2.75, 3.05) is 27.9 Å². The van der Waals surface area contributed by atoms with E-state index < -0.39 is 18.4 Å². The molecular weight excluding hydrogens is 316 g/mol. The highest BCUT2D eigenvalue weighted by molar-refractivity contribution is 6.02. The quantitative estimate of drug-likeness (QED) is 0.448. The number of hydrogen-bond acceptors (Lipinski definition) is 8. The van der Waals surface area contributed by atoms with Crippen LogP contribution in [-0.4, -0.2) is 39.7 Å². The standard InChI is InChI=1S/C16H18N2O6/c1-9(18)11(7-17)12(19)8-24-16(20)10-5-6-13(21-2)15(23-4)14(10)22-3/h5-6H,8,18H2,1-4H3/b11-9+. The Bertz CT molecular complexity index is 714. The minimum Gasteiger partial charge on any atom is -0.493 e. The minimum absolute atomic E-state index is 0.0508. The second-order valence-corrected chi connectivity index (χ2v) is 4.55. The number of allylic oxidation sites excluding steroid dienone is 1. The Morgan fingerprint density at radius 1 is 1.12 bits per heavy atom. The van der Waals surface area contributed by atoms with E-state index in [-0.39, 0.29) is 28.3 Å². The lowest BCUT2D eigenvalue weighted by molar-refractivity contribution is -0.118. The smallest absolute Gasteiger partial charge is 0.342 e. The monoisotopic (exact) mass is 334 g/mol. The Hall–Kier alpha value is -3.21. The van der Waals surface area contributed by atoms with Gasteiger partial charge >= 0.3 is 5.97 Å². The summed E-state index contributed by atoms with van der Waals surface area (Å²) in [7, 11) is 4.19. The molecule has 0 aliphatic rings. The number of esters is 1. The molecule has 0 radical (unpaired) electrons. The van der Waals surface area contributed by atoms with E-state index in [1.54, 1.807) is 6.07 Å². The van der Waals surface area contributed by atoms with Crippen molar-refractivity contribution in [3.8, 4) is 23.3 Å². The van der Waals surface area contributed by atoms with Crippen LogP contribution in [0, 0.1) is 11.3 Å². The van der Waals surface area contributed by atoms with Crippen LogP contribution >= 0.6 is 0 Å². The number of nitrogens with two attached hydrogens (primary N) is 1. The molecular formula is C16H18N2O6. The van der Waals surface area contributed by atoms with Crippen LogP contribution < -0.4 is 19.9 Å². The Balaban J connectivity index is 3.03. The molecule has 1 rings (SSSR count). The first kappa shape index (κ1) is 18.8. The maximum absolute atomic E-state index is 12.2. The molecule has 1 aromatic rings. The molecule has 0 amide bonds. The van der Waals surface area contributed by atoms with E-state index in [0.717, 1.165) is 0 Å². The fraction of sp³-hybridized carbons (Fsp3) is 0.312. The molecule has 0 fully saturated rings. The van der Waals surface area contributed by atoms with Crippen molar-refractivity contribution in [3.63, 3.8) is 0 Å². The third-order valence-corrected chi connectivity index (χ3v) is 3.04. The summed E-state index contributed by atoms with van der Waals surface area (Å²) in [4.78, 5) is 24.0. The van der Waals surface area contributed by atoms with E-state index in [1.165, 1.54) is 40.4 Å². The van der Waals surface area contributed by atoms with Gasteiger partial charge < -0.3 is 24.7 Å². The highest BCUT2D eigenvalue weighted by Gasteiger charge is 2.23. The van der Waals surface area contributed by atoms with Crippen LogP contribution in [0.25, 0.3) is 0 Å². The van der Waals surface area contributed by atoms with Crippen LogP contribution in [0.15, 0.2) is 23.4 Å². The molecule has 8 heteroatoms. The third kappa shape index (κ3) is 3.95. The van der Waals surface area contributed by atoms with Gasteiger partial charge in [0.05, 0.1) is 21.3 Å². The Kier molecular flexibility index (Phi) is 6.62.